The van der Waals surface area contributed by atoms with Crippen molar-refractivity contribution in [1.82, 2.24) is 35.0 Å². The maximum Gasteiger partial charge on any atom is 0.226 e. The van der Waals surface area contributed by atoms with Gasteiger partial charge in [0, 0.05) is 47.3 Å². The minimum atomic E-state index is -0.356. The zero-order valence-electron chi connectivity index (χ0n) is 25.1. The van der Waals surface area contributed by atoms with Crippen LogP contribution < -0.4 is 10.1 Å². The number of aromatic nitrogens is 6. The summed E-state index contributed by atoms with van der Waals surface area (Å²) in [6, 6.07) is 12.5. The van der Waals surface area contributed by atoms with Gasteiger partial charge in [0.05, 0.1) is 35.0 Å². The predicted molar refractivity (Wildman–Crippen MR) is 172 cm³/mol. The molecule has 1 amide bonds. The minimum Gasteiger partial charge on any atom is -0.492 e. The van der Waals surface area contributed by atoms with Crippen LogP contribution in [0.25, 0.3) is 55.7 Å². The van der Waals surface area contributed by atoms with Gasteiger partial charge in [-0.2, -0.15) is 5.10 Å². The van der Waals surface area contributed by atoms with Crippen LogP contribution in [0.5, 0.6) is 5.75 Å². The van der Waals surface area contributed by atoms with Crippen molar-refractivity contribution >= 4 is 33.5 Å². The molecule has 1 fully saturated rings. The van der Waals surface area contributed by atoms with E-state index in [0.29, 0.717) is 40.6 Å². The van der Waals surface area contributed by atoms with Crippen LogP contribution in [0, 0.1) is 11.7 Å². The van der Waals surface area contributed by atoms with Crippen molar-refractivity contribution in [3.8, 4) is 39.5 Å². The number of hydrogen-bond acceptors (Lipinski definition) is 7. The molecule has 0 radical (unpaired) electrons. The number of aromatic amines is 2. The molecule has 228 valence electrons. The van der Waals surface area contributed by atoms with Crippen LogP contribution in [0.3, 0.4) is 0 Å². The Hall–Kier alpha value is -5.16. The second-order valence-corrected chi connectivity index (χ2v) is 11.7. The number of anilines is 1. The Labute approximate surface area is 259 Å². The van der Waals surface area contributed by atoms with Gasteiger partial charge in [-0.15, -0.1) is 0 Å². The molecule has 1 aromatic carbocycles. The molecule has 10 nitrogen and oxygen atoms in total. The van der Waals surface area contributed by atoms with Crippen molar-refractivity contribution in [1.29, 1.82) is 0 Å². The molecular formula is C34H33FN8O2. The minimum absolute atomic E-state index is 0.0826. The summed E-state index contributed by atoms with van der Waals surface area (Å²) in [6.07, 6.45) is 9.20. The van der Waals surface area contributed by atoms with E-state index in [4.69, 9.17) is 4.74 Å². The molecule has 5 aromatic heterocycles. The molecule has 3 N–H and O–H groups in total. The molecule has 0 unspecified atom stereocenters. The summed E-state index contributed by atoms with van der Waals surface area (Å²) in [6.45, 7) is 7.21. The summed E-state index contributed by atoms with van der Waals surface area (Å²) >= 11 is 0. The lowest BCUT2D eigenvalue weighted by Crippen LogP contribution is -2.25. The van der Waals surface area contributed by atoms with Crippen molar-refractivity contribution in [2.24, 2.45) is 5.92 Å². The molecule has 1 aliphatic rings. The van der Waals surface area contributed by atoms with E-state index in [-0.39, 0.29) is 17.6 Å². The van der Waals surface area contributed by atoms with Crippen LogP contribution in [0.4, 0.5) is 10.1 Å². The summed E-state index contributed by atoms with van der Waals surface area (Å²) in [5, 5.41) is 12.2. The summed E-state index contributed by atoms with van der Waals surface area (Å²) < 4.78 is 20.8. The number of fused-ring (bicyclic) bond motifs is 2. The van der Waals surface area contributed by atoms with Gasteiger partial charge >= 0.3 is 0 Å². The Bertz CT molecular complexity index is 2010. The van der Waals surface area contributed by atoms with Crippen molar-refractivity contribution in [3.63, 3.8) is 0 Å². The molecule has 6 aromatic rings. The van der Waals surface area contributed by atoms with E-state index < -0.39 is 0 Å². The molecule has 1 aliphatic heterocycles. The second kappa shape index (κ2) is 12.1. The first-order valence-corrected chi connectivity index (χ1v) is 15.2. The average Bonchev–Trinajstić information content (AvgIpc) is 3.80. The number of H-pyrrole nitrogens is 2. The molecule has 0 spiro atoms. The standard InChI is InChI=1S/C34H33FN8O2/c1-20(2)34(44)39-24-12-22(17-36-18-24)29-16-28-31(19-38-29)41-42-32(28)30-15-27-26(5-6-37-33(27)40-30)21-11-23(35)14-25(13-21)45-10-9-43-7-3-4-8-43/h5-6,11-20H,3-4,7-10H2,1-2H3,(H,37,40)(H,39,44)(H,41,42). The van der Waals surface area contributed by atoms with E-state index in [1.807, 2.05) is 44.2 Å². The third-order valence-electron chi connectivity index (χ3n) is 8.12. The van der Waals surface area contributed by atoms with Crippen LogP contribution >= 0.6 is 0 Å². The number of halogens is 1. The number of likely N-dealkylation sites (tertiary alicyclic amines) is 1. The molecule has 0 saturated carbocycles. The number of nitrogens with zero attached hydrogens (tertiary/aromatic N) is 5. The number of carbonyl (C=O) groups is 1. The number of benzene rings is 1. The third kappa shape index (κ3) is 5.99. The molecular weight excluding hydrogens is 571 g/mol. The number of rotatable bonds is 9. The predicted octanol–water partition coefficient (Wildman–Crippen LogP) is 6.44. The van der Waals surface area contributed by atoms with Crippen molar-refractivity contribution < 1.29 is 13.9 Å². The van der Waals surface area contributed by atoms with Crippen LogP contribution in [0.15, 0.2) is 67.3 Å². The number of nitrogens with one attached hydrogen (secondary N) is 3. The lowest BCUT2D eigenvalue weighted by Gasteiger charge is -2.15. The monoisotopic (exact) mass is 604 g/mol. The first kappa shape index (κ1) is 28.6. The highest BCUT2D eigenvalue weighted by molar-refractivity contribution is 6.00. The van der Waals surface area contributed by atoms with Crippen LogP contribution in [-0.4, -0.2) is 67.2 Å². The lowest BCUT2D eigenvalue weighted by atomic mass is 10.0. The quantitative estimate of drug-likeness (QED) is 0.174. The highest BCUT2D eigenvalue weighted by Gasteiger charge is 2.17. The third-order valence-corrected chi connectivity index (χ3v) is 8.12. The van der Waals surface area contributed by atoms with Gasteiger partial charge in [-0.3, -0.25) is 24.8 Å². The first-order valence-electron chi connectivity index (χ1n) is 15.2. The van der Waals surface area contributed by atoms with Gasteiger partial charge in [-0.1, -0.05) is 13.8 Å². The molecule has 1 saturated heterocycles. The summed E-state index contributed by atoms with van der Waals surface area (Å²) in [5.41, 5.74) is 6.46. The van der Waals surface area contributed by atoms with Crippen LogP contribution in [-0.2, 0) is 4.79 Å². The molecule has 0 aliphatic carbocycles. The fourth-order valence-corrected chi connectivity index (χ4v) is 5.72. The van der Waals surface area contributed by atoms with E-state index in [1.165, 1.54) is 25.0 Å². The SMILES string of the molecule is CC(C)C(=O)Nc1cncc(-c2cc3c(-c4cc5c(-c6cc(F)cc(OCCN7CCCC7)c6)ccnc5[nH]4)n[nH]c3cn2)c1. The topological polar surface area (TPSA) is 125 Å². The lowest BCUT2D eigenvalue weighted by molar-refractivity contribution is -0.118. The summed E-state index contributed by atoms with van der Waals surface area (Å²) in [7, 11) is 0. The maximum atomic E-state index is 14.8. The highest BCUT2D eigenvalue weighted by Crippen LogP contribution is 2.35. The van der Waals surface area contributed by atoms with Gasteiger partial charge in [0.25, 0.3) is 0 Å². The smallest absolute Gasteiger partial charge is 0.226 e. The van der Waals surface area contributed by atoms with E-state index in [1.54, 1.807) is 24.8 Å². The van der Waals surface area contributed by atoms with E-state index in [9.17, 15) is 9.18 Å². The Morgan fingerprint density at radius 1 is 1.02 bits per heavy atom. The Morgan fingerprint density at radius 3 is 2.73 bits per heavy atom. The number of pyridine rings is 3. The number of amides is 1. The Morgan fingerprint density at radius 2 is 1.89 bits per heavy atom. The van der Waals surface area contributed by atoms with Gasteiger partial charge in [0.1, 0.15) is 29.5 Å². The Kier molecular flexibility index (Phi) is 7.68. The molecule has 11 heteroatoms. The molecule has 7 rings (SSSR count). The number of carbonyl (C=O) groups excluding carboxylic acids is 1. The summed E-state index contributed by atoms with van der Waals surface area (Å²) in [4.78, 5) is 31.4. The van der Waals surface area contributed by atoms with Gasteiger partial charge in [0.15, 0.2) is 0 Å². The Balaban J connectivity index is 1.20. The zero-order chi connectivity index (χ0) is 30.9. The van der Waals surface area contributed by atoms with E-state index in [0.717, 1.165) is 52.7 Å². The van der Waals surface area contributed by atoms with Crippen LogP contribution in [0.1, 0.15) is 26.7 Å². The molecule has 0 bridgehead atoms. The van der Waals surface area contributed by atoms with Crippen molar-refractivity contribution in [2.75, 3.05) is 31.6 Å². The first-order chi connectivity index (χ1) is 21.9. The fraction of sp³-hybridized carbons (Fsp3) is 0.265. The normalized spacial score (nSPS) is 13.7. The van der Waals surface area contributed by atoms with Crippen molar-refractivity contribution in [2.45, 2.75) is 26.7 Å². The van der Waals surface area contributed by atoms with E-state index >= 15 is 0 Å². The second-order valence-electron chi connectivity index (χ2n) is 11.7. The molecule has 45 heavy (non-hydrogen) atoms. The van der Waals surface area contributed by atoms with Gasteiger partial charge < -0.3 is 15.0 Å². The summed E-state index contributed by atoms with van der Waals surface area (Å²) in [5.74, 6) is -0.0831. The number of ether oxygens (including phenoxy) is 1. The fourth-order valence-electron chi connectivity index (χ4n) is 5.72. The van der Waals surface area contributed by atoms with Gasteiger partial charge in [0.2, 0.25) is 5.91 Å². The molecule has 0 atom stereocenters. The number of hydrogen-bond donors (Lipinski definition) is 3. The highest BCUT2D eigenvalue weighted by atomic mass is 19.1. The van der Waals surface area contributed by atoms with Crippen LogP contribution in [0.2, 0.25) is 0 Å². The van der Waals surface area contributed by atoms with Gasteiger partial charge in [-0.25, -0.2) is 9.37 Å². The van der Waals surface area contributed by atoms with E-state index in [2.05, 4.69) is 40.3 Å². The van der Waals surface area contributed by atoms with Gasteiger partial charge in [-0.05, 0) is 73.5 Å². The molecule has 6 heterocycles. The zero-order valence-corrected chi connectivity index (χ0v) is 25.1. The maximum absolute atomic E-state index is 14.8. The largest absolute Gasteiger partial charge is 0.492 e. The average molecular weight is 605 g/mol. The van der Waals surface area contributed by atoms with Crippen molar-refractivity contribution in [3.05, 3.63) is 73.1 Å².